The maximum Gasteiger partial charge on any atom is 0.178 e. The van der Waals surface area contributed by atoms with Gasteiger partial charge in [0.15, 0.2) is 4.77 Å². The summed E-state index contributed by atoms with van der Waals surface area (Å²) in [5.74, 6) is 0.772. The van der Waals surface area contributed by atoms with Crippen molar-refractivity contribution in [3.8, 4) is 0 Å². The minimum atomic E-state index is 0.128. The van der Waals surface area contributed by atoms with Gasteiger partial charge in [-0.1, -0.05) is 6.07 Å². The van der Waals surface area contributed by atoms with E-state index < -0.39 is 0 Å². The van der Waals surface area contributed by atoms with Gasteiger partial charge in [-0.2, -0.15) is 0 Å². The van der Waals surface area contributed by atoms with E-state index in [0.717, 1.165) is 16.2 Å². The normalized spacial score (nSPS) is 16.6. The molecule has 0 radical (unpaired) electrons. The molecule has 2 nitrogen and oxygen atoms in total. The van der Waals surface area contributed by atoms with Gasteiger partial charge in [0.1, 0.15) is 0 Å². The van der Waals surface area contributed by atoms with Crippen molar-refractivity contribution in [3.05, 3.63) is 28.5 Å². The van der Waals surface area contributed by atoms with E-state index in [4.69, 9.17) is 12.2 Å². The zero-order chi connectivity index (χ0) is 12.2. The molecule has 1 fully saturated rings. The van der Waals surface area contributed by atoms with E-state index >= 15 is 0 Å². The zero-order valence-electron chi connectivity index (χ0n) is 10.6. The molecule has 1 aliphatic carbocycles. The van der Waals surface area contributed by atoms with Gasteiger partial charge in [0.25, 0.3) is 0 Å². The average Bonchev–Trinajstić information content (AvgIpc) is 3.02. The number of benzene rings is 1. The third-order valence-corrected chi connectivity index (χ3v) is 4.28. The molecule has 0 amide bonds. The lowest BCUT2D eigenvalue weighted by Gasteiger charge is -2.27. The van der Waals surface area contributed by atoms with E-state index in [1.165, 1.54) is 23.9 Å². The molecule has 0 atom stereocenters. The third kappa shape index (κ3) is 1.64. The molecular formula is C14H18N2S. The number of nitrogens with one attached hydrogen (secondary N) is 1. The van der Waals surface area contributed by atoms with E-state index in [1.807, 2.05) is 0 Å². The number of H-pyrrole nitrogens is 1. The quantitative estimate of drug-likeness (QED) is 0.789. The molecule has 0 aliphatic heterocycles. The molecule has 3 rings (SSSR count). The average molecular weight is 246 g/mol. The van der Waals surface area contributed by atoms with Crippen LogP contribution < -0.4 is 0 Å². The number of aromatic amines is 1. The van der Waals surface area contributed by atoms with Crippen molar-refractivity contribution >= 4 is 23.3 Å². The summed E-state index contributed by atoms with van der Waals surface area (Å²) >= 11 is 5.50. The van der Waals surface area contributed by atoms with Gasteiger partial charge in [-0.05, 0) is 69.4 Å². The van der Waals surface area contributed by atoms with Crippen molar-refractivity contribution in [3.63, 3.8) is 0 Å². The molecule has 1 heterocycles. The molecule has 0 bridgehead atoms. The topological polar surface area (TPSA) is 20.7 Å². The van der Waals surface area contributed by atoms with Crippen LogP contribution in [0, 0.1) is 17.6 Å². The highest BCUT2D eigenvalue weighted by atomic mass is 32.1. The Kier molecular flexibility index (Phi) is 2.24. The molecular weight excluding hydrogens is 228 g/mol. The monoisotopic (exact) mass is 246 g/mol. The number of aryl methyl sites for hydroxylation is 1. The van der Waals surface area contributed by atoms with Crippen LogP contribution in [-0.4, -0.2) is 9.55 Å². The van der Waals surface area contributed by atoms with Gasteiger partial charge >= 0.3 is 0 Å². The second kappa shape index (κ2) is 3.45. The van der Waals surface area contributed by atoms with Crippen LogP contribution in [0.3, 0.4) is 0 Å². The number of aromatic nitrogens is 2. The van der Waals surface area contributed by atoms with Crippen LogP contribution in [0.4, 0.5) is 0 Å². The number of hydrogen-bond acceptors (Lipinski definition) is 1. The molecule has 2 aromatic rings. The summed E-state index contributed by atoms with van der Waals surface area (Å²) in [6.45, 7) is 6.73. The molecule has 17 heavy (non-hydrogen) atoms. The highest BCUT2D eigenvalue weighted by Gasteiger charge is 2.40. The molecule has 0 spiro atoms. The van der Waals surface area contributed by atoms with Crippen molar-refractivity contribution in [2.75, 3.05) is 0 Å². The third-order valence-electron chi connectivity index (χ3n) is 3.99. The lowest BCUT2D eigenvalue weighted by Crippen LogP contribution is -2.28. The smallest absolute Gasteiger partial charge is 0.178 e. The predicted molar refractivity (Wildman–Crippen MR) is 73.9 cm³/mol. The first-order chi connectivity index (χ1) is 8.00. The van der Waals surface area contributed by atoms with Crippen LogP contribution in [0.5, 0.6) is 0 Å². The van der Waals surface area contributed by atoms with Gasteiger partial charge < -0.3 is 9.55 Å². The maximum absolute atomic E-state index is 5.50. The lowest BCUT2D eigenvalue weighted by atomic mass is 9.98. The van der Waals surface area contributed by atoms with Crippen molar-refractivity contribution in [2.24, 2.45) is 5.92 Å². The standard InChI is InChI=1S/C14H18N2S/c1-9-4-7-11-12(8-9)16(13(17)15-11)14(2,3)10-5-6-10/h4,7-8,10H,5-6H2,1-3H3,(H,15,17). The van der Waals surface area contributed by atoms with Gasteiger partial charge in [-0.25, -0.2) is 0 Å². The SMILES string of the molecule is Cc1ccc2[nH]c(=S)n(C(C)(C)C3CC3)c2c1. The zero-order valence-corrected chi connectivity index (χ0v) is 11.4. The molecule has 1 aromatic carbocycles. The van der Waals surface area contributed by atoms with Crippen molar-refractivity contribution in [2.45, 2.75) is 39.2 Å². The summed E-state index contributed by atoms with van der Waals surface area (Å²) in [7, 11) is 0. The largest absolute Gasteiger partial charge is 0.331 e. The molecule has 1 saturated carbocycles. The molecule has 1 N–H and O–H groups in total. The summed E-state index contributed by atoms with van der Waals surface area (Å²) < 4.78 is 3.16. The van der Waals surface area contributed by atoms with E-state index in [9.17, 15) is 0 Å². The van der Waals surface area contributed by atoms with Crippen LogP contribution in [-0.2, 0) is 5.54 Å². The Morgan fingerprint density at radius 1 is 1.35 bits per heavy atom. The van der Waals surface area contributed by atoms with Crippen LogP contribution in [0.1, 0.15) is 32.3 Å². The fraction of sp³-hybridized carbons (Fsp3) is 0.500. The fourth-order valence-corrected chi connectivity index (χ4v) is 3.20. The molecule has 0 unspecified atom stereocenters. The second-order valence-corrected chi connectivity index (χ2v) is 6.10. The Morgan fingerprint density at radius 3 is 2.71 bits per heavy atom. The van der Waals surface area contributed by atoms with Crippen LogP contribution in [0.15, 0.2) is 18.2 Å². The Bertz CT molecular complexity index is 629. The predicted octanol–water partition coefficient (Wildman–Crippen LogP) is 4.15. The fourth-order valence-electron chi connectivity index (χ4n) is 2.76. The highest BCUT2D eigenvalue weighted by Crippen LogP contribution is 2.45. The number of hydrogen-bond donors (Lipinski definition) is 1. The minimum Gasteiger partial charge on any atom is -0.331 e. The summed E-state index contributed by atoms with van der Waals surface area (Å²) in [4.78, 5) is 3.32. The van der Waals surface area contributed by atoms with E-state index in [-0.39, 0.29) is 5.54 Å². The van der Waals surface area contributed by atoms with Crippen LogP contribution in [0.25, 0.3) is 11.0 Å². The lowest BCUT2D eigenvalue weighted by molar-refractivity contribution is 0.310. The van der Waals surface area contributed by atoms with Crippen LogP contribution in [0.2, 0.25) is 0 Å². The second-order valence-electron chi connectivity index (χ2n) is 5.71. The van der Waals surface area contributed by atoms with Gasteiger partial charge in [-0.15, -0.1) is 0 Å². The molecule has 90 valence electrons. The molecule has 3 heteroatoms. The maximum atomic E-state index is 5.50. The van der Waals surface area contributed by atoms with Crippen LogP contribution >= 0.6 is 12.2 Å². The Morgan fingerprint density at radius 2 is 2.06 bits per heavy atom. The first-order valence-electron chi connectivity index (χ1n) is 6.22. The summed E-state index contributed by atoms with van der Waals surface area (Å²) in [5, 5.41) is 0. The Hall–Kier alpha value is -1.09. The van der Waals surface area contributed by atoms with Crippen molar-refractivity contribution in [1.82, 2.24) is 9.55 Å². The van der Waals surface area contributed by atoms with Crippen molar-refractivity contribution < 1.29 is 0 Å². The number of nitrogens with zero attached hydrogens (tertiary/aromatic N) is 1. The molecule has 1 aliphatic rings. The minimum absolute atomic E-state index is 0.128. The number of fused-ring (bicyclic) bond motifs is 1. The van der Waals surface area contributed by atoms with Gasteiger partial charge in [0.05, 0.1) is 11.0 Å². The summed E-state index contributed by atoms with van der Waals surface area (Å²) in [6, 6.07) is 6.48. The number of imidazole rings is 1. The van der Waals surface area contributed by atoms with E-state index in [1.54, 1.807) is 0 Å². The first-order valence-corrected chi connectivity index (χ1v) is 6.63. The Balaban J connectivity index is 2.31. The summed E-state index contributed by atoms with van der Waals surface area (Å²) in [5.41, 5.74) is 3.80. The molecule has 1 aromatic heterocycles. The summed E-state index contributed by atoms with van der Waals surface area (Å²) in [6.07, 6.45) is 2.65. The van der Waals surface area contributed by atoms with Gasteiger partial charge in [0.2, 0.25) is 0 Å². The highest BCUT2D eigenvalue weighted by molar-refractivity contribution is 7.71. The van der Waals surface area contributed by atoms with Gasteiger partial charge in [-0.3, -0.25) is 0 Å². The Labute approximate surface area is 107 Å². The number of rotatable bonds is 2. The van der Waals surface area contributed by atoms with E-state index in [2.05, 4.69) is 48.5 Å². The van der Waals surface area contributed by atoms with Gasteiger partial charge in [0, 0.05) is 5.54 Å². The molecule has 0 saturated heterocycles. The van der Waals surface area contributed by atoms with E-state index in [0.29, 0.717) is 0 Å². The first kappa shape index (κ1) is 11.0. The van der Waals surface area contributed by atoms with Crippen molar-refractivity contribution in [1.29, 1.82) is 0 Å².